The van der Waals surface area contributed by atoms with Crippen molar-refractivity contribution in [3.05, 3.63) is 29.8 Å². The molecule has 6 nitrogen and oxygen atoms in total. The number of aryl methyl sites for hydroxylation is 1. The van der Waals surface area contributed by atoms with Gasteiger partial charge in [-0.25, -0.2) is 0 Å². The molecule has 0 aromatic heterocycles. The Morgan fingerprint density at radius 3 is 2.32 bits per heavy atom. The van der Waals surface area contributed by atoms with Crippen LogP contribution in [0.5, 0.6) is 0 Å². The summed E-state index contributed by atoms with van der Waals surface area (Å²) in [5.74, 6) is 0.335. The van der Waals surface area contributed by atoms with Crippen molar-refractivity contribution in [1.82, 2.24) is 14.7 Å². The summed E-state index contributed by atoms with van der Waals surface area (Å²) in [5, 5.41) is 0. The molecule has 0 spiro atoms. The number of carbonyl (C=O) groups is 2. The van der Waals surface area contributed by atoms with Crippen molar-refractivity contribution in [2.45, 2.75) is 26.7 Å². The zero-order chi connectivity index (χ0) is 18.2. The maximum absolute atomic E-state index is 12.4. The van der Waals surface area contributed by atoms with Crippen molar-refractivity contribution in [3.63, 3.8) is 0 Å². The number of hydrogen-bond acceptors (Lipinski definition) is 4. The number of amides is 2. The van der Waals surface area contributed by atoms with Crippen LogP contribution in [0.1, 0.15) is 25.8 Å². The van der Waals surface area contributed by atoms with Gasteiger partial charge < -0.3 is 15.5 Å². The second-order valence-electron chi connectivity index (χ2n) is 6.42. The number of hydrogen-bond donors (Lipinski definition) is 1. The average Bonchev–Trinajstić information content (AvgIpc) is 2.62. The van der Waals surface area contributed by atoms with Crippen molar-refractivity contribution >= 4 is 17.5 Å². The van der Waals surface area contributed by atoms with Crippen molar-refractivity contribution in [2.75, 3.05) is 51.5 Å². The van der Waals surface area contributed by atoms with E-state index < -0.39 is 0 Å². The summed E-state index contributed by atoms with van der Waals surface area (Å²) in [4.78, 5) is 30.5. The Kier molecular flexibility index (Phi) is 7.25. The van der Waals surface area contributed by atoms with Crippen molar-refractivity contribution in [1.29, 1.82) is 0 Å². The quantitative estimate of drug-likeness (QED) is 0.754. The standard InChI is InChI=1S/C19H30N4O2/c1-3-22(4-2)19(25)15-21-11-13-23(14-12-21)18(24)10-9-16-7-5-6-8-17(16)20/h5-8H,3-4,9-15,20H2,1-2H3. The predicted octanol–water partition coefficient (Wildman–Crippen LogP) is 1.21. The molecule has 1 aliphatic heterocycles. The topological polar surface area (TPSA) is 69.9 Å². The van der Waals surface area contributed by atoms with Crippen LogP contribution in [0, 0.1) is 0 Å². The van der Waals surface area contributed by atoms with Gasteiger partial charge in [0.05, 0.1) is 6.54 Å². The van der Waals surface area contributed by atoms with Gasteiger partial charge in [-0.2, -0.15) is 0 Å². The van der Waals surface area contributed by atoms with E-state index in [9.17, 15) is 9.59 Å². The highest BCUT2D eigenvalue weighted by Gasteiger charge is 2.23. The zero-order valence-electron chi connectivity index (χ0n) is 15.4. The molecule has 1 aromatic rings. The van der Waals surface area contributed by atoms with E-state index in [1.54, 1.807) is 0 Å². The first-order chi connectivity index (χ1) is 12.0. The van der Waals surface area contributed by atoms with Crippen molar-refractivity contribution in [2.24, 2.45) is 0 Å². The molecule has 2 rings (SSSR count). The molecular formula is C19H30N4O2. The molecule has 25 heavy (non-hydrogen) atoms. The van der Waals surface area contributed by atoms with Crippen LogP contribution in [0.4, 0.5) is 5.69 Å². The SMILES string of the molecule is CCN(CC)C(=O)CN1CCN(C(=O)CCc2ccccc2N)CC1. The lowest BCUT2D eigenvalue weighted by atomic mass is 10.1. The smallest absolute Gasteiger partial charge is 0.236 e. The first-order valence-electron chi connectivity index (χ1n) is 9.16. The van der Waals surface area contributed by atoms with Crippen LogP contribution in [0.15, 0.2) is 24.3 Å². The lowest BCUT2D eigenvalue weighted by Crippen LogP contribution is -2.51. The summed E-state index contributed by atoms with van der Waals surface area (Å²) >= 11 is 0. The monoisotopic (exact) mass is 346 g/mol. The molecular weight excluding hydrogens is 316 g/mol. The summed E-state index contributed by atoms with van der Waals surface area (Å²) in [6.07, 6.45) is 1.15. The minimum Gasteiger partial charge on any atom is -0.399 e. The van der Waals surface area contributed by atoms with Gasteiger partial charge in [-0.15, -0.1) is 0 Å². The van der Waals surface area contributed by atoms with E-state index in [2.05, 4.69) is 4.90 Å². The number of nitrogens with two attached hydrogens (primary N) is 1. The summed E-state index contributed by atoms with van der Waals surface area (Å²) in [6.45, 7) is 8.83. The Morgan fingerprint density at radius 1 is 1.08 bits per heavy atom. The maximum Gasteiger partial charge on any atom is 0.236 e. The summed E-state index contributed by atoms with van der Waals surface area (Å²) in [6, 6.07) is 7.69. The third kappa shape index (κ3) is 5.46. The molecule has 1 heterocycles. The van der Waals surface area contributed by atoms with Gasteiger partial charge in [0.25, 0.3) is 0 Å². The number of nitrogen functional groups attached to an aromatic ring is 1. The highest BCUT2D eigenvalue weighted by Crippen LogP contribution is 2.14. The molecule has 2 N–H and O–H groups in total. The Bertz CT molecular complexity index is 579. The van der Waals surface area contributed by atoms with Gasteiger partial charge >= 0.3 is 0 Å². The van der Waals surface area contributed by atoms with E-state index >= 15 is 0 Å². The number of nitrogens with zero attached hydrogens (tertiary/aromatic N) is 3. The van der Waals surface area contributed by atoms with Crippen LogP contribution in [0.3, 0.4) is 0 Å². The minimum absolute atomic E-state index is 0.165. The normalized spacial score (nSPS) is 15.2. The van der Waals surface area contributed by atoms with Crippen LogP contribution in [-0.2, 0) is 16.0 Å². The third-order valence-electron chi connectivity index (χ3n) is 4.86. The number of para-hydroxylation sites is 1. The Morgan fingerprint density at radius 2 is 1.72 bits per heavy atom. The molecule has 138 valence electrons. The summed E-state index contributed by atoms with van der Waals surface area (Å²) in [5.41, 5.74) is 7.70. The predicted molar refractivity (Wildman–Crippen MR) is 100 cm³/mol. The van der Waals surface area contributed by atoms with Crippen LogP contribution in [-0.4, -0.2) is 72.3 Å². The highest BCUT2D eigenvalue weighted by atomic mass is 16.2. The lowest BCUT2D eigenvalue weighted by Gasteiger charge is -2.35. The summed E-state index contributed by atoms with van der Waals surface area (Å²) < 4.78 is 0. The fraction of sp³-hybridized carbons (Fsp3) is 0.579. The molecule has 1 fully saturated rings. The van der Waals surface area contributed by atoms with Gasteiger partial charge in [0.2, 0.25) is 11.8 Å². The molecule has 2 amide bonds. The zero-order valence-corrected chi connectivity index (χ0v) is 15.4. The molecule has 1 aromatic carbocycles. The van der Waals surface area contributed by atoms with Gasteiger partial charge in [0, 0.05) is 51.4 Å². The van der Waals surface area contributed by atoms with Gasteiger partial charge in [0.15, 0.2) is 0 Å². The molecule has 0 atom stereocenters. The minimum atomic E-state index is 0.165. The molecule has 6 heteroatoms. The maximum atomic E-state index is 12.4. The molecule has 1 saturated heterocycles. The molecule has 0 unspecified atom stereocenters. The number of anilines is 1. The Labute approximate surface area is 150 Å². The largest absolute Gasteiger partial charge is 0.399 e. The molecule has 0 saturated carbocycles. The average molecular weight is 346 g/mol. The first-order valence-corrected chi connectivity index (χ1v) is 9.16. The van der Waals surface area contributed by atoms with E-state index in [0.717, 1.165) is 37.4 Å². The lowest BCUT2D eigenvalue weighted by molar-refractivity contribution is -0.135. The van der Waals surface area contributed by atoms with E-state index in [1.807, 2.05) is 47.9 Å². The fourth-order valence-corrected chi connectivity index (χ4v) is 3.18. The summed E-state index contributed by atoms with van der Waals surface area (Å²) in [7, 11) is 0. The Balaban J connectivity index is 1.75. The van der Waals surface area contributed by atoms with E-state index in [1.165, 1.54) is 0 Å². The van der Waals surface area contributed by atoms with E-state index in [-0.39, 0.29) is 11.8 Å². The van der Waals surface area contributed by atoms with Crippen molar-refractivity contribution in [3.8, 4) is 0 Å². The van der Waals surface area contributed by atoms with Gasteiger partial charge in [-0.3, -0.25) is 14.5 Å². The molecule has 0 radical (unpaired) electrons. The number of benzene rings is 1. The van der Waals surface area contributed by atoms with E-state index in [0.29, 0.717) is 32.5 Å². The van der Waals surface area contributed by atoms with Gasteiger partial charge in [0.1, 0.15) is 0 Å². The van der Waals surface area contributed by atoms with Gasteiger partial charge in [-0.05, 0) is 31.9 Å². The second-order valence-corrected chi connectivity index (χ2v) is 6.42. The second kappa shape index (κ2) is 9.42. The molecule has 0 bridgehead atoms. The highest BCUT2D eigenvalue weighted by molar-refractivity contribution is 5.78. The fourth-order valence-electron chi connectivity index (χ4n) is 3.18. The number of likely N-dealkylation sites (N-methyl/N-ethyl adjacent to an activating group) is 1. The molecule has 1 aliphatic rings. The number of rotatable bonds is 7. The third-order valence-corrected chi connectivity index (χ3v) is 4.86. The molecule has 0 aliphatic carbocycles. The van der Waals surface area contributed by atoms with Crippen LogP contribution < -0.4 is 5.73 Å². The van der Waals surface area contributed by atoms with Crippen molar-refractivity contribution < 1.29 is 9.59 Å². The van der Waals surface area contributed by atoms with Crippen LogP contribution >= 0.6 is 0 Å². The van der Waals surface area contributed by atoms with Crippen LogP contribution in [0.2, 0.25) is 0 Å². The van der Waals surface area contributed by atoms with Crippen LogP contribution in [0.25, 0.3) is 0 Å². The van der Waals surface area contributed by atoms with Gasteiger partial charge in [-0.1, -0.05) is 18.2 Å². The number of carbonyl (C=O) groups excluding carboxylic acids is 2. The first kappa shape index (κ1) is 19.2. The Hall–Kier alpha value is -2.08. The van der Waals surface area contributed by atoms with E-state index in [4.69, 9.17) is 5.73 Å². The number of piperazine rings is 1.